The Kier molecular flexibility index (Phi) is 4.81. The first-order chi connectivity index (χ1) is 11.6. The lowest BCUT2D eigenvalue weighted by Gasteiger charge is -2.22. The van der Waals surface area contributed by atoms with Crippen molar-refractivity contribution in [1.82, 2.24) is 0 Å². The minimum atomic E-state index is 0.212. The maximum absolute atomic E-state index is 5.98. The third kappa shape index (κ3) is 3.12. The van der Waals surface area contributed by atoms with Crippen LogP contribution in [-0.2, 0) is 14.2 Å². The number of fused-ring (bicyclic) bond motifs is 1. The van der Waals surface area contributed by atoms with E-state index < -0.39 is 0 Å². The smallest absolute Gasteiger partial charge is 0.188 e. The van der Waals surface area contributed by atoms with Crippen molar-refractivity contribution in [3.8, 4) is 0 Å². The van der Waals surface area contributed by atoms with Crippen LogP contribution in [0.2, 0.25) is 0 Å². The quantitative estimate of drug-likeness (QED) is 0.790. The third-order valence-electron chi connectivity index (χ3n) is 3.94. The molecular formula is C19H23NO4. The van der Waals surface area contributed by atoms with Crippen molar-refractivity contribution >= 4 is 22.4 Å². The molecule has 5 nitrogen and oxygen atoms in total. The maximum Gasteiger partial charge on any atom is 0.188 e. The van der Waals surface area contributed by atoms with E-state index in [4.69, 9.17) is 18.6 Å². The highest BCUT2D eigenvalue weighted by molar-refractivity contribution is 5.85. The summed E-state index contributed by atoms with van der Waals surface area (Å²) in [7, 11) is 1.61. The highest BCUT2D eigenvalue weighted by Crippen LogP contribution is 2.35. The van der Waals surface area contributed by atoms with Crippen molar-refractivity contribution in [1.29, 1.82) is 0 Å². The Bertz CT molecular complexity index is 801. The van der Waals surface area contributed by atoms with E-state index in [1.807, 2.05) is 32.0 Å². The van der Waals surface area contributed by atoms with E-state index in [2.05, 4.69) is 18.3 Å². The van der Waals surface area contributed by atoms with Gasteiger partial charge in [0.05, 0.1) is 0 Å². The van der Waals surface area contributed by atoms with Crippen LogP contribution in [0.25, 0.3) is 16.7 Å². The Hall–Kier alpha value is -2.40. The number of nitrogens with one attached hydrogen (secondary N) is 1. The van der Waals surface area contributed by atoms with Gasteiger partial charge in [-0.3, -0.25) is 0 Å². The van der Waals surface area contributed by atoms with Crippen LogP contribution in [0.1, 0.15) is 26.5 Å². The number of methoxy groups -OCH3 is 1. The average Bonchev–Trinajstić information content (AvgIpc) is 2.98. The topological polar surface area (TPSA) is 52.9 Å². The van der Waals surface area contributed by atoms with Gasteiger partial charge in [-0.25, -0.2) is 0 Å². The van der Waals surface area contributed by atoms with E-state index in [1.165, 1.54) is 0 Å². The molecular weight excluding hydrogens is 306 g/mol. The normalized spacial score (nSPS) is 15.0. The molecule has 1 aliphatic heterocycles. The molecule has 2 heterocycles. The Labute approximate surface area is 141 Å². The molecule has 0 saturated heterocycles. The molecule has 0 bridgehead atoms. The van der Waals surface area contributed by atoms with Crippen molar-refractivity contribution in [2.45, 2.75) is 20.8 Å². The minimum absolute atomic E-state index is 0.212. The van der Waals surface area contributed by atoms with Crippen molar-refractivity contribution in [2.24, 2.45) is 0 Å². The second-order valence-corrected chi connectivity index (χ2v) is 5.80. The van der Waals surface area contributed by atoms with E-state index in [-0.39, 0.29) is 6.79 Å². The summed E-state index contributed by atoms with van der Waals surface area (Å²) in [6.07, 6.45) is 0. The van der Waals surface area contributed by atoms with E-state index in [9.17, 15) is 0 Å². The van der Waals surface area contributed by atoms with Crippen LogP contribution >= 0.6 is 0 Å². The fourth-order valence-electron chi connectivity index (χ4n) is 2.85. The highest BCUT2D eigenvalue weighted by atomic mass is 16.7. The molecule has 0 aliphatic carbocycles. The lowest BCUT2D eigenvalue weighted by Crippen LogP contribution is -2.12. The molecule has 1 aromatic carbocycles. The van der Waals surface area contributed by atoms with E-state index >= 15 is 0 Å². The van der Waals surface area contributed by atoms with Gasteiger partial charge in [0.1, 0.15) is 17.9 Å². The molecule has 1 N–H and O–H groups in total. The van der Waals surface area contributed by atoms with Gasteiger partial charge in [0.25, 0.3) is 0 Å². The third-order valence-corrected chi connectivity index (χ3v) is 3.94. The largest absolute Gasteiger partial charge is 0.485 e. The molecule has 0 unspecified atom stereocenters. The summed E-state index contributed by atoms with van der Waals surface area (Å²) < 4.78 is 22.6. The second-order valence-electron chi connectivity index (χ2n) is 5.80. The van der Waals surface area contributed by atoms with Gasteiger partial charge >= 0.3 is 0 Å². The minimum Gasteiger partial charge on any atom is -0.485 e. The van der Waals surface area contributed by atoms with Crippen LogP contribution in [0.3, 0.4) is 0 Å². The molecule has 0 spiro atoms. The Morgan fingerprint density at radius 1 is 1.21 bits per heavy atom. The molecule has 128 valence electrons. The fourth-order valence-corrected chi connectivity index (χ4v) is 2.85. The van der Waals surface area contributed by atoms with Crippen LogP contribution in [0.4, 0.5) is 5.69 Å². The number of anilines is 1. The summed E-state index contributed by atoms with van der Waals surface area (Å²) in [6, 6.07) is 8.07. The molecule has 0 amide bonds. The van der Waals surface area contributed by atoms with Gasteiger partial charge in [0, 0.05) is 35.9 Å². The van der Waals surface area contributed by atoms with Gasteiger partial charge in [-0.1, -0.05) is 0 Å². The summed E-state index contributed by atoms with van der Waals surface area (Å²) in [5, 5.41) is 4.35. The number of allylic oxidation sites excluding steroid dienone is 1. The highest BCUT2D eigenvalue weighted by Gasteiger charge is 2.23. The number of rotatable bonds is 6. The van der Waals surface area contributed by atoms with Gasteiger partial charge in [-0.05, 0) is 45.0 Å². The van der Waals surface area contributed by atoms with Crippen molar-refractivity contribution in [2.75, 3.05) is 32.4 Å². The van der Waals surface area contributed by atoms with E-state index in [0.717, 1.165) is 40.1 Å². The van der Waals surface area contributed by atoms with Gasteiger partial charge in [0.15, 0.2) is 18.3 Å². The number of furan rings is 1. The molecule has 2 aromatic rings. The maximum atomic E-state index is 5.98. The first-order valence-electron chi connectivity index (χ1n) is 8.07. The molecule has 1 aromatic heterocycles. The molecule has 5 heteroatoms. The molecule has 1 aliphatic rings. The van der Waals surface area contributed by atoms with Crippen molar-refractivity contribution in [3.05, 3.63) is 46.9 Å². The van der Waals surface area contributed by atoms with Crippen LogP contribution in [0, 0.1) is 0 Å². The monoisotopic (exact) mass is 329 g/mol. The number of benzene rings is 1. The lowest BCUT2D eigenvalue weighted by molar-refractivity contribution is 0.00540. The van der Waals surface area contributed by atoms with Crippen LogP contribution in [0.5, 0.6) is 0 Å². The summed E-state index contributed by atoms with van der Waals surface area (Å²) >= 11 is 0. The number of hydrogen-bond donors (Lipinski definition) is 1. The molecule has 0 atom stereocenters. The molecule has 3 rings (SSSR count). The Balaban J connectivity index is 1.98. The zero-order valence-electron chi connectivity index (χ0n) is 14.6. The standard InChI is InChI=1S/C19H23NO4/c1-5-20-15-6-7-16-14(8-15)9-17(24-16)19-13(3)18(23-11-21-4)12(2)10-22-19/h6-9,20H,5,10-11H2,1-4H3. The number of hydrogen-bond acceptors (Lipinski definition) is 5. The molecule has 0 saturated carbocycles. The summed E-state index contributed by atoms with van der Waals surface area (Å²) in [6.45, 7) is 7.61. The second kappa shape index (κ2) is 7.01. The summed E-state index contributed by atoms with van der Waals surface area (Å²) in [5.41, 5.74) is 3.87. The SMILES string of the molecule is CCNc1ccc2oc(C3=C(C)C(OCOC)=C(C)CO3)cc2c1. The van der Waals surface area contributed by atoms with Gasteiger partial charge in [0.2, 0.25) is 0 Å². The average molecular weight is 329 g/mol. The Morgan fingerprint density at radius 2 is 2.04 bits per heavy atom. The molecule has 0 radical (unpaired) electrons. The van der Waals surface area contributed by atoms with Gasteiger partial charge < -0.3 is 23.9 Å². The van der Waals surface area contributed by atoms with Gasteiger partial charge in [-0.15, -0.1) is 0 Å². The predicted molar refractivity (Wildman–Crippen MR) is 94.6 cm³/mol. The fraction of sp³-hybridized carbons (Fsp3) is 0.368. The number of ether oxygens (including phenoxy) is 3. The van der Waals surface area contributed by atoms with Crippen molar-refractivity contribution < 1.29 is 18.6 Å². The molecule has 24 heavy (non-hydrogen) atoms. The van der Waals surface area contributed by atoms with Gasteiger partial charge in [-0.2, -0.15) is 0 Å². The van der Waals surface area contributed by atoms with E-state index in [0.29, 0.717) is 18.1 Å². The van der Waals surface area contributed by atoms with Crippen LogP contribution < -0.4 is 5.32 Å². The molecule has 0 fully saturated rings. The summed E-state index contributed by atoms with van der Waals surface area (Å²) in [5.74, 6) is 2.24. The first-order valence-corrected chi connectivity index (χ1v) is 8.07. The summed E-state index contributed by atoms with van der Waals surface area (Å²) in [4.78, 5) is 0. The zero-order valence-corrected chi connectivity index (χ0v) is 14.6. The van der Waals surface area contributed by atoms with Crippen LogP contribution in [0.15, 0.2) is 45.6 Å². The van der Waals surface area contributed by atoms with Crippen LogP contribution in [-0.4, -0.2) is 27.1 Å². The zero-order chi connectivity index (χ0) is 17.1. The lowest BCUT2D eigenvalue weighted by atomic mass is 10.1. The van der Waals surface area contributed by atoms with E-state index in [1.54, 1.807) is 7.11 Å². The van der Waals surface area contributed by atoms with Crippen molar-refractivity contribution in [3.63, 3.8) is 0 Å². The predicted octanol–water partition coefficient (Wildman–Crippen LogP) is 4.52. The first kappa shape index (κ1) is 16.5. The Morgan fingerprint density at radius 3 is 2.79 bits per heavy atom.